The lowest BCUT2D eigenvalue weighted by molar-refractivity contribution is -0.123. The molecule has 2 rings (SSSR count). The molecule has 1 aliphatic heterocycles. The van der Waals surface area contributed by atoms with Gasteiger partial charge in [-0.3, -0.25) is 10.1 Å². The molecule has 0 saturated carbocycles. The Balaban J connectivity index is 2.24. The van der Waals surface area contributed by atoms with Crippen LogP contribution in [0.3, 0.4) is 0 Å². The van der Waals surface area contributed by atoms with Gasteiger partial charge in [-0.05, 0) is 30.4 Å². The van der Waals surface area contributed by atoms with Crippen LogP contribution in [0.15, 0.2) is 24.3 Å². The van der Waals surface area contributed by atoms with Crippen molar-refractivity contribution < 1.29 is 9.59 Å². The molecular weight excluding hydrogens is 228 g/mol. The molecule has 2 N–H and O–H groups in total. The van der Waals surface area contributed by atoms with E-state index in [1.807, 2.05) is 24.3 Å². The normalized spacial score (nSPS) is 23.1. The number of imide groups is 1. The van der Waals surface area contributed by atoms with Crippen molar-refractivity contribution in [2.45, 2.75) is 32.7 Å². The predicted molar refractivity (Wildman–Crippen MR) is 69.0 cm³/mol. The Morgan fingerprint density at radius 1 is 1.17 bits per heavy atom. The summed E-state index contributed by atoms with van der Waals surface area (Å²) in [7, 11) is 0. The maximum Gasteiger partial charge on any atom is 0.322 e. The minimum Gasteiger partial charge on any atom is -0.320 e. The average Bonchev–Trinajstić information content (AvgIpc) is 2.53. The summed E-state index contributed by atoms with van der Waals surface area (Å²) in [6.45, 7) is 6.05. The lowest BCUT2D eigenvalue weighted by Gasteiger charge is -2.21. The van der Waals surface area contributed by atoms with E-state index in [1.54, 1.807) is 6.92 Å². The molecule has 0 radical (unpaired) electrons. The Bertz CT molecular complexity index is 479. The van der Waals surface area contributed by atoms with Crippen LogP contribution in [0, 0.1) is 5.92 Å². The van der Waals surface area contributed by atoms with Gasteiger partial charge in [-0.1, -0.05) is 38.1 Å². The fourth-order valence-corrected chi connectivity index (χ4v) is 2.19. The zero-order valence-corrected chi connectivity index (χ0v) is 10.9. The monoisotopic (exact) mass is 246 g/mol. The second kappa shape index (κ2) is 4.44. The number of amides is 3. The molecular formula is C14H18N2O2. The smallest absolute Gasteiger partial charge is 0.320 e. The number of carbonyl (C=O) groups is 2. The summed E-state index contributed by atoms with van der Waals surface area (Å²) in [4.78, 5) is 23.0. The van der Waals surface area contributed by atoms with E-state index in [2.05, 4.69) is 24.5 Å². The third-order valence-corrected chi connectivity index (χ3v) is 3.22. The van der Waals surface area contributed by atoms with Crippen LogP contribution in [0.4, 0.5) is 4.79 Å². The van der Waals surface area contributed by atoms with Crippen LogP contribution in [-0.2, 0) is 16.8 Å². The highest BCUT2D eigenvalue weighted by Gasteiger charge is 2.43. The van der Waals surface area contributed by atoms with Crippen molar-refractivity contribution in [3.63, 3.8) is 0 Å². The summed E-state index contributed by atoms with van der Waals surface area (Å²) in [5.74, 6) is 0.296. The van der Waals surface area contributed by atoms with E-state index in [-0.39, 0.29) is 5.91 Å². The standard InChI is InChI=1S/C14H18N2O2/c1-9(2)8-10-4-6-11(7-5-10)14(3)12(17)15-13(18)16-14/h4-7,9H,8H2,1-3H3,(H2,15,16,17,18)/t14-/m0/s1. The van der Waals surface area contributed by atoms with E-state index < -0.39 is 11.6 Å². The van der Waals surface area contributed by atoms with E-state index >= 15 is 0 Å². The lowest BCUT2D eigenvalue weighted by atomic mass is 9.90. The van der Waals surface area contributed by atoms with Crippen molar-refractivity contribution >= 4 is 11.9 Å². The van der Waals surface area contributed by atoms with Crippen molar-refractivity contribution in [2.75, 3.05) is 0 Å². The van der Waals surface area contributed by atoms with Gasteiger partial charge >= 0.3 is 6.03 Å². The highest BCUT2D eigenvalue weighted by Crippen LogP contribution is 2.24. The molecule has 0 aliphatic carbocycles. The van der Waals surface area contributed by atoms with Crippen LogP contribution in [-0.4, -0.2) is 11.9 Å². The molecule has 18 heavy (non-hydrogen) atoms. The Morgan fingerprint density at radius 3 is 2.22 bits per heavy atom. The van der Waals surface area contributed by atoms with Crippen LogP contribution < -0.4 is 10.6 Å². The zero-order chi connectivity index (χ0) is 13.3. The van der Waals surface area contributed by atoms with Crippen LogP contribution in [0.1, 0.15) is 31.9 Å². The van der Waals surface area contributed by atoms with Crippen molar-refractivity contribution in [3.8, 4) is 0 Å². The van der Waals surface area contributed by atoms with Gasteiger partial charge in [-0.15, -0.1) is 0 Å². The third kappa shape index (κ3) is 2.23. The fraction of sp³-hybridized carbons (Fsp3) is 0.429. The van der Waals surface area contributed by atoms with E-state index in [1.165, 1.54) is 5.56 Å². The molecule has 0 unspecified atom stereocenters. The molecule has 1 aromatic carbocycles. The molecule has 4 nitrogen and oxygen atoms in total. The number of benzene rings is 1. The lowest BCUT2D eigenvalue weighted by Crippen LogP contribution is -2.40. The molecule has 1 atom stereocenters. The summed E-state index contributed by atoms with van der Waals surface area (Å²) in [6, 6.07) is 7.40. The first-order valence-electron chi connectivity index (χ1n) is 6.15. The number of hydrogen-bond donors (Lipinski definition) is 2. The van der Waals surface area contributed by atoms with Crippen LogP contribution >= 0.6 is 0 Å². The molecule has 1 heterocycles. The zero-order valence-electron chi connectivity index (χ0n) is 10.9. The first kappa shape index (κ1) is 12.6. The number of rotatable bonds is 3. The topological polar surface area (TPSA) is 58.2 Å². The second-order valence-electron chi connectivity index (χ2n) is 5.33. The molecule has 0 bridgehead atoms. The number of carbonyl (C=O) groups excluding carboxylic acids is 2. The highest BCUT2D eigenvalue weighted by molar-refractivity contribution is 6.07. The molecule has 1 aromatic rings. The Hall–Kier alpha value is -1.84. The van der Waals surface area contributed by atoms with Crippen molar-refractivity contribution in [1.29, 1.82) is 0 Å². The first-order chi connectivity index (χ1) is 8.41. The highest BCUT2D eigenvalue weighted by atomic mass is 16.2. The van der Waals surface area contributed by atoms with Gasteiger partial charge in [0.1, 0.15) is 5.54 Å². The third-order valence-electron chi connectivity index (χ3n) is 3.22. The van der Waals surface area contributed by atoms with Gasteiger partial charge in [0.15, 0.2) is 0 Å². The van der Waals surface area contributed by atoms with E-state index in [0.29, 0.717) is 5.92 Å². The fourth-order valence-electron chi connectivity index (χ4n) is 2.19. The Labute approximate surface area is 107 Å². The molecule has 0 aromatic heterocycles. The van der Waals surface area contributed by atoms with Gasteiger partial charge in [-0.2, -0.15) is 0 Å². The molecule has 4 heteroatoms. The molecule has 0 spiro atoms. The second-order valence-corrected chi connectivity index (χ2v) is 5.33. The number of nitrogens with one attached hydrogen (secondary N) is 2. The maximum absolute atomic E-state index is 11.8. The first-order valence-corrected chi connectivity index (χ1v) is 6.15. The van der Waals surface area contributed by atoms with Gasteiger partial charge in [0.05, 0.1) is 0 Å². The summed E-state index contributed by atoms with van der Waals surface area (Å²) in [5, 5.41) is 4.92. The summed E-state index contributed by atoms with van der Waals surface area (Å²) >= 11 is 0. The summed E-state index contributed by atoms with van der Waals surface area (Å²) < 4.78 is 0. The number of hydrogen-bond acceptors (Lipinski definition) is 2. The van der Waals surface area contributed by atoms with Crippen LogP contribution in [0.25, 0.3) is 0 Å². The van der Waals surface area contributed by atoms with Gasteiger partial charge in [-0.25, -0.2) is 4.79 Å². The van der Waals surface area contributed by atoms with Gasteiger partial charge in [0, 0.05) is 0 Å². The molecule has 3 amide bonds. The molecule has 1 aliphatic rings. The minimum absolute atomic E-state index is 0.302. The van der Waals surface area contributed by atoms with E-state index in [4.69, 9.17) is 0 Å². The summed E-state index contributed by atoms with van der Waals surface area (Å²) in [6.07, 6.45) is 1.01. The summed E-state index contributed by atoms with van der Waals surface area (Å²) in [5.41, 5.74) is 1.09. The van der Waals surface area contributed by atoms with E-state index in [9.17, 15) is 9.59 Å². The van der Waals surface area contributed by atoms with Crippen LogP contribution in [0.5, 0.6) is 0 Å². The van der Waals surface area contributed by atoms with Crippen molar-refractivity contribution in [1.82, 2.24) is 10.6 Å². The maximum atomic E-state index is 11.8. The SMILES string of the molecule is CC(C)Cc1ccc([C@]2(C)NC(=O)NC2=O)cc1. The van der Waals surface area contributed by atoms with Gasteiger partial charge in [0.25, 0.3) is 5.91 Å². The predicted octanol–water partition coefficient (Wildman–Crippen LogP) is 1.94. The Kier molecular flexibility index (Phi) is 3.11. The van der Waals surface area contributed by atoms with Gasteiger partial charge < -0.3 is 5.32 Å². The van der Waals surface area contributed by atoms with Crippen LogP contribution in [0.2, 0.25) is 0 Å². The molecule has 1 saturated heterocycles. The number of urea groups is 1. The van der Waals surface area contributed by atoms with E-state index in [0.717, 1.165) is 12.0 Å². The molecule has 96 valence electrons. The Morgan fingerprint density at radius 2 is 1.78 bits per heavy atom. The quantitative estimate of drug-likeness (QED) is 0.801. The van der Waals surface area contributed by atoms with Gasteiger partial charge in [0.2, 0.25) is 0 Å². The minimum atomic E-state index is -0.951. The van der Waals surface area contributed by atoms with Crippen molar-refractivity contribution in [3.05, 3.63) is 35.4 Å². The van der Waals surface area contributed by atoms with Crippen molar-refractivity contribution in [2.24, 2.45) is 5.92 Å². The molecule has 1 fully saturated rings. The largest absolute Gasteiger partial charge is 0.322 e. The average molecular weight is 246 g/mol.